The number of aromatic nitrogens is 1. The molecule has 0 radical (unpaired) electrons. The van der Waals surface area contributed by atoms with E-state index < -0.39 is 6.09 Å². The monoisotopic (exact) mass is 229 g/mol. The third kappa shape index (κ3) is 4.42. The summed E-state index contributed by atoms with van der Waals surface area (Å²) in [7, 11) is 0. The van der Waals surface area contributed by atoms with Crippen molar-refractivity contribution in [3.05, 3.63) is 30.1 Å². The highest BCUT2D eigenvalue weighted by molar-refractivity contribution is 6.00. The first kappa shape index (κ1) is 13.4. The van der Waals surface area contributed by atoms with Crippen molar-refractivity contribution in [2.75, 3.05) is 0 Å². The van der Waals surface area contributed by atoms with Crippen LogP contribution in [0.25, 0.3) is 0 Å². The lowest BCUT2D eigenvalue weighted by Crippen LogP contribution is -2.17. The van der Waals surface area contributed by atoms with Gasteiger partial charge >= 0.3 is 6.09 Å². The molecule has 1 aromatic heterocycles. The van der Waals surface area contributed by atoms with E-state index in [1.54, 1.807) is 18.5 Å². The number of hydrogen-bond donors (Lipinski definition) is 2. The minimum absolute atomic E-state index is 0. The molecule has 0 saturated heterocycles. The largest absolute Gasteiger partial charge is 0.464 e. The Kier molecular flexibility index (Phi) is 6.05. The molecule has 0 saturated carbocycles. The molecule has 5 nitrogen and oxygen atoms in total. The van der Waals surface area contributed by atoms with Crippen LogP contribution in [0.2, 0.25) is 0 Å². The molecule has 82 valence electrons. The number of nitrogens with zero attached hydrogens (tertiary/aromatic N) is 2. The average molecular weight is 230 g/mol. The van der Waals surface area contributed by atoms with Crippen LogP contribution < -0.4 is 5.43 Å². The highest BCUT2D eigenvalue weighted by Gasteiger charge is 2.01. The fourth-order valence-electron chi connectivity index (χ4n) is 0.996. The second-order valence-corrected chi connectivity index (χ2v) is 2.57. The quantitative estimate of drug-likeness (QED) is 0.614. The normalized spacial score (nSPS) is 10.3. The molecular weight excluding hydrogens is 218 g/mol. The number of halogens is 1. The summed E-state index contributed by atoms with van der Waals surface area (Å²) in [4.78, 5) is 14.1. The summed E-state index contributed by atoms with van der Waals surface area (Å²) in [5, 5.41) is 12.1. The van der Waals surface area contributed by atoms with Crippen molar-refractivity contribution in [3.63, 3.8) is 0 Å². The van der Waals surface area contributed by atoms with E-state index in [1.807, 2.05) is 18.4 Å². The Balaban J connectivity index is 0.00000196. The van der Waals surface area contributed by atoms with Gasteiger partial charge in [-0.25, -0.2) is 10.2 Å². The lowest BCUT2D eigenvalue weighted by atomic mass is 10.1. The van der Waals surface area contributed by atoms with E-state index in [0.717, 1.165) is 5.56 Å². The van der Waals surface area contributed by atoms with Gasteiger partial charge in [-0.3, -0.25) is 4.98 Å². The van der Waals surface area contributed by atoms with Gasteiger partial charge in [-0.15, -0.1) is 12.4 Å². The van der Waals surface area contributed by atoms with Crippen LogP contribution in [0.4, 0.5) is 4.79 Å². The molecule has 0 unspecified atom stereocenters. The number of rotatable bonds is 3. The maximum absolute atomic E-state index is 10.2. The van der Waals surface area contributed by atoms with Crippen molar-refractivity contribution in [2.24, 2.45) is 5.10 Å². The SMILES string of the molecule is CCC(=NNC(=O)O)c1cccnc1.Cl. The van der Waals surface area contributed by atoms with E-state index in [-0.39, 0.29) is 12.4 Å². The molecule has 0 spiro atoms. The van der Waals surface area contributed by atoms with Crippen LogP contribution >= 0.6 is 12.4 Å². The van der Waals surface area contributed by atoms with Gasteiger partial charge in [0.1, 0.15) is 0 Å². The molecular formula is C9H12ClN3O2. The predicted molar refractivity (Wildman–Crippen MR) is 59.5 cm³/mol. The Bertz CT molecular complexity index is 340. The van der Waals surface area contributed by atoms with Gasteiger partial charge < -0.3 is 5.11 Å². The molecule has 0 aliphatic carbocycles. The zero-order chi connectivity index (χ0) is 10.4. The third-order valence-electron chi connectivity index (χ3n) is 1.62. The minimum Gasteiger partial charge on any atom is -0.464 e. The van der Waals surface area contributed by atoms with Crippen molar-refractivity contribution < 1.29 is 9.90 Å². The van der Waals surface area contributed by atoms with Gasteiger partial charge in [0.05, 0.1) is 5.71 Å². The second-order valence-electron chi connectivity index (χ2n) is 2.57. The van der Waals surface area contributed by atoms with Crippen LogP contribution in [0, 0.1) is 0 Å². The Morgan fingerprint density at radius 1 is 1.67 bits per heavy atom. The van der Waals surface area contributed by atoms with Crippen molar-refractivity contribution in [1.82, 2.24) is 10.4 Å². The van der Waals surface area contributed by atoms with E-state index in [9.17, 15) is 4.79 Å². The van der Waals surface area contributed by atoms with E-state index in [2.05, 4.69) is 10.1 Å². The molecule has 1 heterocycles. The van der Waals surface area contributed by atoms with Crippen molar-refractivity contribution in [3.8, 4) is 0 Å². The molecule has 0 fully saturated rings. The van der Waals surface area contributed by atoms with Crippen molar-refractivity contribution >= 4 is 24.2 Å². The third-order valence-corrected chi connectivity index (χ3v) is 1.62. The van der Waals surface area contributed by atoms with Crippen LogP contribution in [-0.2, 0) is 0 Å². The second kappa shape index (κ2) is 6.78. The number of hydrazone groups is 1. The average Bonchev–Trinajstić information content (AvgIpc) is 2.20. The number of pyridine rings is 1. The van der Waals surface area contributed by atoms with E-state index in [0.29, 0.717) is 12.1 Å². The Morgan fingerprint density at radius 3 is 2.87 bits per heavy atom. The molecule has 1 amide bonds. The predicted octanol–water partition coefficient (Wildman–Crippen LogP) is 1.89. The van der Waals surface area contributed by atoms with Gasteiger partial charge in [0.15, 0.2) is 0 Å². The fraction of sp³-hybridized carbons (Fsp3) is 0.222. The summed E-state index contributed by atoms with van der Waals surface area (Å²) in [5.74, 6) is 0. The van der Waals surface area contributed by atoms with Crippen LogP contribution in [-0.4, -0.2) is 21.9 Å². The van der Waals surface area contributed by atoms with Gasteiger partial charge in [0, 0.05) is 18.0 Å². The Labute approximate surface area is 93.6 Å². The first-order chi connectivity index (χ1) is 6.74. The summed E-state index contributed by atoms with van der Waals surface area (Å²) in [6, 6.07) is 3.61. The number of carboxylic acid groups (broad SMARTS) is 1. The molecule has 0 aliphatic rings. The zero-order valence-corrected chi connectivity index (χ0v) is 8.99. The smallest absolute Gasteiger partial charge is 0.425 e. The molecule has 0 atom stereocenters. The zero-order valence-electron chi connectivity index (χ0n) is 8.17. The highest BCUT2D eigenvalue weighted by Crippen LogP contribution is 2.01. The van der Waals surface area contributed by atoms with Crippen LogP contribution in [0.1, 0.15) is 18.9 Å². The summed E-state index contributed by atoms with van der Waals surface area (Å²) >= 11 is 0. The number of nitrogens with one attached hydrogen (secondary N) is 1. The van der Waals surface area contributed by atoms with Gasteiger partial charge in [0.25, 0.3) is 0 Å². The number of carbonyl (C=O) groups is 1. The molecule has 2 N–H and O–H groups in total. The molecule has 0 aliphatic heterocycles. The van der Waals surface area contributed by atoms with Gasteiger partial charge in [0.2, 0.25) is 0 Å². The van der Waals surface area contributed by atoms with E-state index in [4.69, 9.17) is 5.11 Å². The van der Waals surface area contributed by atoms with Gasteiger partial charge in [-0.1, -0.05) is 13.0 Å². The molecule has 0 aromatic carbocycles. The number of amides is 1. The minimum atomic E-state index is -1.17. The van der Waals surface area contributed by atoms with E-state index >= 15 is 0 Å². The maximum atomic E-state index is 10.2. The summed E-state index contributed by atoms with van der Waals surface area (Å²) < 4.78 is 0. The summed E-state index contributed by atoms with van der Waals surface area (Å²) in [6.07, 6.45) is 2.78. The summed E-state index contributed by atoms with van der Waals surface area (Å²) in [6.45, 7) is 1.90. The molecule has 1 aromatic rings. The van der Waals surface area contributed by atoms with Crippen LogP contribution in [0.15, 0.2) is 29.6 Å². The Hall–Kier alpha value is -1.62. The Morgan fingerprint density at radius 2 is 2.40 bits per heavy atom. The fourth-order valence-corrected chi connectivity index (χ4v) is 0.996. The highest BCUT2D eigenvalue weighted by atomic mass is 35.5. The maximum Gasteiger partial charge on any atom is 0.425 e. The lowest BCUT2D eigenvalue weighted by molar-refractivity contribution is 0.195. The first-order valence-corrected chi connectivity index (χ1v) is 4.20. The van der Waals surface area contributed by atoms with Crippen LogP contribution in [0.3, 0.4) is 0 Å². The topological polar surface area (TPSA) is 74.6 Å². The van der Waals surface area contributed by atoms with Crippen LogP contribution in [0.5, 0.6) is 0 Å². The molecule has 15 heavy (non-hydrogen) atoms. The lowest BCUT2D eigenvalue weighted by Gasteiger charge is -2.01. The standard InChI is InChI=1S/C9H11N3O2.ClH/c1-2-8(11-12-9(13)14)7-4-3-5-10-6-7;/h3-6,12H,2H2,1H3,(H,13,14);1H. The molecule has 6 heteroatoms. The van der Waals surface area contributed by atoms with Crippen molar-refractivity contribution in [1.29, 1.82) is 0 Å². The van der Waals surface area contributed by atoms with E-state index in [1.165, 1.54) is 0 Å². The summed E-state index contributed by atoms with van der Waals surface area (Å²) in [5.41, 5.74) is 3.46. The molecule has 1 rings (SSSR count). The van der Waals surface area contributed by atoms with Gasteiger partial charge in [-0.05, 0) is 12.5 Å². The molecule has 0 bridgehead atoms. The first-order valence-electron chi connectivity index (χ1n) is 4.20. The van der Waals surface area contributed by atoms with Crippen molar-refractivity contribution in [2.45, 2.75) is 13.3 Å². The van der Waals surface area contributed by atoms with Gasteiger partial charge in [-0.2, -0.15) is 5.10 Å². The number of hydrogen-bond acceptors (Lipinski definition) is 3.